The molecular formula is C16H25N5OS. The Morgan fingerprint density at radius 2 is 2.17 bits per heavy atom. The first-order valence-corrected chi connectivity index (χ1v) is 8.26. The number of rotatable bonds is 7. The van der Waals surface area contributed by atoms with Crippen LogP contribution in [0.5, 0.6) is 5.75 Å². The maximum atomic E-state index is 5.82. The van der Waals surface area contributed by atoms with Gasteiger partial charge < -0.3 is 20.3 Å². The van der Waals surface area contributed by atoms with Gasteiger partial charge in [-0.1, -0.05) is 12.1 Å². The SMILES string of the molecule is CN1CCN(CCCOc2cccc(C=NNC(N)=S)c2)CC1. The number of hydrazone groups is 1. The Labute approximate surface area is 143 Å². The molecule has 1 saturated heterocycles. The second-order valence-electron chi connectivity index (χ2n) is 5.65. The molecular weight excluding hydrogens is 310 g/mol. The summed E-state index contributed by atoms with van der Waals surface area (Å²) in [6, 6.07) is 7.79. The van der Waals surface area contributed by atoms with E-state index in [1.807, 2.05) is 24.3 Å². The number of nitrogens with two attached hydrogens (primary N) is 1. The van der Waals surface area contributed by atoms with Gasteiger partial charge in [0.25, 0.3) is 0 Å². The minimum absolute atomic E-state index is 0.151. The van der Waals surface area contributed by atoms with E-state index < -0.39 is 0 Å². The van der Waals surface area contributed by atoms with E-state index >= 15 is 0 Å². The lowest BCUT2D eigenvalue weighted by atomic mass is 10.2. The smallest absolute Gasteiger partial charge is 0.184 e. The van der Waals surface area contributed by atoms with Crippen molar-refractivity contribution in [3.63, 3.8) is 0 Å². The molecule has 1 fully saturated rings. The van der Waals surface area contributed by atoms with Gasteiger partial charge in [-0.15, -0.1) is 0 Å². The van der Waals surface area contributed by atoms with Crippen LogP contribution < -0.4 is 15.9 Å². The van der Waals surface area contributed by atoms with Crippen molar-refractivity contribution in [1.82, 2.24) is 15.2 Å². The predicted octanol–water partition coefficient (Wildman–Crippen LogP) is 0.870. The lowest BCUT2D eigenvalue weighted by Gasteiger charge is -2.32. The summed E-state index contributed by atoms with van der Waals surface area (Å²) >= 11 is 4.69. The van der Waals surface area contributed by atoms with Crippen molar-refractivity contribution in [3.8, 4) is 5.75 Å². The zero-order valence-corrected chi connectivity index (χ0v) is 14.4. The van der Waals surface area contributed by atoms with Crippen LogP contribution >= 0.6 is 12.2 Å². The van der Waals surface area contributed by atoms with Gasteiger partial charge >= 0.3 is 0 Å². The highest BCUT2D eigenvalue weighted by molar-refractivity contribution is 7.80. The van der Waals surface area contributed by atoms with E-state index in [-0.39, 0.29) is 5.11 Å². The normalized spacial score (nSPS) is 16.6. The van der Waals surface area contributed by atoms with Gasteiger partial charge in [0.15, 0.2) is 5.11 Å². The molecule has 0 atom stereocenters. The summed E-state index contributed by atoms with van der Waals surface area (Å²) in [5, 5.41) is 4.09. The van der Waals surface area contributed by atoms with Crippen LogP contribution in [0.25, 0.3) is 0 Å². The zero-order valence-electron chi connectivity index (χ0n) is 13.6. The van der Waals surface area contributed by atoms with Crippen LogP contribution in [0, 0.1) is 0 Å². The average Bonchev–Trinajstić information content (AvgIpc) is 2.53. The van der Waals surface area contributed by atoms with Gasteiger partial charge in [0.2, 0.25) is 0 Å². The quantitative estimate of drug-likeness (QED) is 0.334. The fourth-order valence-corrected chi connectivity index (χ4v) is 2.46. The number of hydrogen-bond acceptors (Lipinski definition) is 5. The molecule has 0 spiro atoms. The number of ether oxygens (including phenoxy) is 1. The number of nitrogens with one attached hydrogen (secondary N) is 1. The van der Waals surface area contributed by atoms with Crippen LogP contribution in [0.15, 0.2) is 29.4 Å². The van der Waals surface area contributed by atoms with Crippen molar-refractivity contribution in [1.29, 1.82) is 0 Å². The molecule has 1 aliphatic heterocycles. The van der Waals surface area contributed by atoms with Gasteiger partial charge in [-0.05, 0) is 43.4 Å². The second-order valence-corrected chi connectivity index (χ2v) is 6.09. The van der Waals surface area contributed by atoms with E-state index in [2.05, 4.69) is 39.6 Å². The molecule has 23 heavy (non-hydrogen) atoms. The van der Waals surface area contributed by atoms with Crippen LogP contribution in [-0.2, 0) is 0 Å². The van der Waals surface area contributed by atoms with E-state index in [0.29, 0.717) is 0 Å². The Bertz CT molecular complexity index is 529. The van der Waals surface area contributed by atoms with Gasteiger partial charge in [0.05, 0.1) is 12.8 Å². The Balaban J connectivity index is 1.69. The summed E-state index contributed by atoms with van der Waals surface area (Å²) in [7, 11) is 2.17. The van der Waals surface area contributed by atoms with Crippen LogP contribution in [0.4, 0.5) is 0 Å². The summed E-state index contributed by atoms with van der Waals surface area (Å²) in [6.07, 6.45) is 2.70. The van der Waals surface area contributed by atoms with Crippen LogP contribution in [0.2, 0.25) is 0 Å². The maximum Gasteiger partial charge on any atom is 0.184 e. The molecule has 0 radical (unpaired) electrons. The molecule has 126 valence electrons. The van der Waals surface area contributed by atoms with Crippen LogP contribution in [0.3, 0.4) is 0 Å². The summed E-state index contributed by atoms with van der Waals surface area (Å²) in [6.45, 7) is 6.42. The maximum absolute atomic E-state index is 5.82. The Morgan fingerprint density at radius 3 is 2.91 bits per heavy atom. The van der Waals surface area contributed by atoms with E-state index in [9.17, 15) is 0 Å². The van der Waals surface area contributed by atoms with Crippen molar-refractivity contribution in [3.05, 3.63) is 29.8 Å². The van der Waals surface area contributed by atoms with E-state index in [1.165, 1.54) is 0 Å². The number of likely N-dealkylation sites (N-methyl/N-ethyl adjacent to an activating group) is 1. The lowest BCUT2D eigenvalue weighted by Crippen LogP contribution is -2.44. The molecule has 3 N–H and O–H groups in total. The van der Waals surface area contributed by atoms with Crippen molar-refractivity contribution >= 4 is 23.5 Å². The number of benzene rings is 1. The average molecular weight is 335 g/mol. The van der Waals surface area contributed by atoms with Crippen molar-refractivity contribution in [2.24, 2.45) is 10.8 Å². The first-order chi connectivity index (χ1) is 11.1. The Morgan fingerprint density at radius 1 is 1.39 bits per heavy atom. The largest absolute Gasteiger partial charge is 0.494 e. The van der Waals surface area contributed by atoms with Crippen molar-refractivity contribution in [2.45, 2.75) is 6.42 Å². The molecule has 0 bridgehead atoms. The zero-order chi connectivity index (χ0) is 16.5. The standard InChI is InChI=1S/C16H25N5OS/c1-20-7-9-21(10-8-20)6-3-11-22-15-5-2-4-14(12-15)13-18-19-16(17)23/h2,4-5,12-13H,3,6-11H2,1H3,(H3,17,19,23). The Kier molecular flexibility index (Phi) is 7.25. The minimum Gasteiger partial charge on any atom is -0.494 e. The summed E-state index contributed by atoms with van der Waals surface area (Å²) in [5.41, 5.74) is 8.78. The summed E-state index contributed by atoms with van der Waals surface area (Å²) in [4.78, 5) is 4.86. The van der Waals surface area contributed by atoms with Gasteiger partial charge in [-0.3, -0.25) is 5.43 Å². The third-order valence-corrected chi connectivity index (χ3v) is 3.82. The van der Waals surface area contributed by atoms with Crippen molar-refractivity contribution in [2.75, 3.05) is 46.4 Å². The molecule has 0 unspecified atom stereocenters. The predicted molar refractivity (Wildman–Crippen MR) is 98.0 cm³/mol. The number of hydrogen-bond donors (Lipinski definition) is 2. The number of thiocarbonyl (C=S) groups is 1. The van der Waals surface area contributed by atoms with E-state index in [4.69, 9.17) is 10.5 Å². The first kappa shape index (κ1) is 17.7. The van der Waals surface area contributed by atoms with Gasteiger partial charge in [-0.25, -0.2) is 0 Å². The number of piperazine rings is 1. The highest BCUT2D eigenvalue weighted by Gasteiger charge is 2.12. The summed E-state index contributed by atoms with van der Waals surface area (Å²) in [5.74, 6) is 0.850. The topological polar surface area (TPSA) is 66.1 Å². The molecule has 0 aromatic heterocycles. The van der Waals surface area contributed by atoms with Gasteiger partial charge in [0, 0.05) is 32.7 Å². The monoisotopic (exact) mass is 335 g/mol. The Hall–Kier alpha value is -1.70. The molecule has 1 aromatic carbocycles. The molecule has 1 aromatic rings. The molecule has 0 amide bonds. The fourth-order valence-electron chi connectivity index (χ4n) is 2.40. The van der Waals surface area contributed by atoms with Crippen molar-refractivity contribution < 1.29 is 4.74 Å². The van der Waals surface area contributed by atoms with E-state index in [1.54, 1.807) is 6.21 Å². The molecule has 1 heterocycles. The molecule has 6 nitrogen and oxygen atoms in total. The first-order valence-electron chi connectivity index (χ1n) is 7.86. The highest BCUT2D eigenvalue weighted by Crippen LogP contribution is 2.12. The van der Waals surface area contributed by atoms with Crippen LogP contribution in [0.1, 0.15) is 12.0 Å². The minimum atomic E-state index is 0.151. The lowest BCUT2D eigenvalue weighted by molar-refractivity contribution is 0.145. The van der Waals surface area contributed by atoms with Gasteiger partial charge in [-0.2, -0.15) is 5.10 Å². The highest BCUT2D eigenvalue weighted by atomic mass is 32.1. The summed E-state index contributed by atoms with van der Waals surface area (Å²) < 4.78 is 5.82. The molecule has 0 aliphatic carbocycles. The second kappa shape index (κ2) is 9.44. The third kappa shape index (κ3) is 6.94. The third-order valence-electron chi connectivity index (χ3n) is 3.73. The molecule has 7 heteroatoms. The fraction of sp³-hybridized carbons (Fsp3) is 0.500. The number of nitrogens with zero attached hydrogens (tertiary/aromatic N) is 3. The van der Waals surface area contributed by atoms with Gasteiger partial charge in [0.1, 0.15) is 5.75 Å². The van der Waals surface area contributed by atoms with E-state index in [0.717, 1.165) is 57.1 Å². The molecule has 2 rings (SSSR count). The molecule has 1 aliphatic rings. The van der Waals surface area contributed by atoms with Crippen LogP contribution in [-0.4, -0.2) is 67.5 Å². The molecule has 0 saturated carbocycles.